The third-order valence-corrected chi connectivity index (χ3v) is 35.7. The molecule has 1 fully saturated rings. The quantitative estimate of drug-likeness (QED) is 0.0876. The summed E-state index contributed by atoms with van der Waals surface area (Å²) < 4.78 is 7.10. The predicted octanol–water partition coefficient (Wildman–Crippen LogP) is 14.7. The summed E-state index contributed by atoms with van der Waals surface area (Å²) in [6.45, 7) is 9.39. The van der Waals surface area contributed by atoms with Crippen LogP contribution in [0.3, 0.4) is 0 Å². The summed E-state index contributed by atoms with van der Waals surface area (Å²) in [6.07, 6.45) is 18.8. The van der Waals surface area contributed by atoms with E-state index in [1.807, 2.05) is 10.4 Å². The van der Waals surface area contributed by atoms with Gasteiger partial charge in [-0.25, -0.2) is 0 Å². The van der Waals surface area contributed by atoms with Crippen molar-refractivity contribution in [2.45, 2.75) is 121 Å². The number of allylic oxidation sites excluding steroid dienone is 2. The van der Waals surface area contributed by atoms with Crippen LogP contribution in [-0.2, 0) is 32.8 Å². The first-order valence-electron chi connectivity index (χ1n) is 20.3. The van der Waals surface area contributed by atoms with Crippen LogP contribution in [0.15, 0.2) is 95.3 Å². The molecule has 0 saturated carbocycles. The molecule has 3 aliphatic rings. The van der Waals surface area contributed by atoms with Crippen molar-refractivity contribution in [2.24, 2.45) is 0 Å². The number of unbranched alkanes of at least 4 members (excludes halogenated alkanes) is 6. The molecule has 2 atom stereocenters. The molecule has 0 bridgehead atoms. The first kappa shape index (κ1) is 35.8. The summed E-state index contributed by atoms with van der Waals surface area (Å²) in [5, 5.41) is 3.94. The van der Waals surface area contributed by atoms with Crippen LogP contribution in [0.5, 0.6) is 0 Å². The fraction of sp³-hybridized carbons (Fsp3) is 0.417. The van der Waals surface area contributed by atoms with Crippen molar-refractivity contribution in [3.63, 3.8) is 0 Å². The molecule has 0 radical (unpaired) electrons. The number of rotatable bonds is 14. The summed E-state index contributed by atoms with van der Waals surface area (Å²) >= 11 is -3.15. The van der Waals surface area contributed by atoms with Crippen LogP contribution >= 0.6 is 0 Å². The number of benzene rings is 4. The zero-order chi connectivity index (χ0) is 34.9. The third kappa shape index (κ3) is 6.09. The average Bonchev–Trinajstić information content (AvgIpc) is 3.76. The maximum atomic E-state index is 2.86. The molecule has 1 aliphatic heterocycles. The fourth-order valence-electron chi connectivity index (χ4n) is 10.6. The molecule has 4 aromatic carbocycles. The zero-order valence-corrected chi connectivity index (χ0v) is 36.5. The Balaban J connectivity index is 1.47. The van der Waals surface area contributed by atoms with E-state index in [0.29, 0.717) is 7.35 Å². The van der Waals surface area contributed by atoms with Crippen LogP contribution in [-0.4, -0.2) is 8.07 Å². The van der Waals surface area contributed by atoms with Gasteiger partial charge in [0.05, 0.1) is 0 Å². The molecule has 1 saturated heterocycles. The molecular formula is C48H60HfSi. The van der Waals surface area contributed by atoms with Crippen LogP contribution in [0.4, 0.5) is 0 Å². The first-order valence-corrected chi connectivity index (χ1v) is 34.0. The zero-order valence-electron chi connectivity index (χ0n) is 31.9. The van der Waals surface area contributed by atoms with E-state index in [4.69, 9.17) is 0 Å². The van der Waals surface area contributed by atoms with Crippen molar-refractivity contribution in [1.29, 1.82) is 0 Å². The van der Waals surface area contributed by atoms with Gasteiger partial charge in [-0.2, -0.15) is 0 Å². The molecular weight excluding hydrogens is 783 g/mol. The Morgan fingerprint density at radius 2 is 0.900 bits per heavy atom. The Morgan fingerprint density at radius 3 is 1.32 bits per heavy atom. The van der Waals surface area contributed by atoms with Crippen molar-refractivity contribution in [3.8, 4) is 22.3 Å². The van der Waals surface area contributed by atoms with Crippen LogP contribution in [0, 0.1) is 0 Å². The van der Waals surface area contributed by atoms with Gasteiger partial charge in [0.25, 0.3) is 0 Å². The standard InChI is InChI=1S/C46H54Si.2CH3.Hf/c1-5-9-11-17-29-47(30-18-12-10-6-2,39-31-37-23-19-27-43(45(37)33-39)41-25-15-13-21-35(41)7-3)40-32-38-24-20-28-44(46(38)34-40)42-26-16-14-22-36(42)8-4;;;/h13-16,19-28,31-34H,5-12,17-18,29-30H2,1-4H3;2*1H3;. The molecule has 2 heteroatoms. The van der Waals surface area contributed by atoms with Crippen molar-refractivity contribution < 1.29 is 20.0 Å². The maximum absolute atomic E-state index is 3.15. The molecule has 1 heterocycles. The molecule has 7 rings (SSSR count). The van der Waals surface area contributed by atoms with E-state index in [-0.39, 0.29) is 0 Å². The van der Waals surface area contributed by atoms with Gasteiger partial charge in [-0.05, 0) is 0 Å². The Kier molecular flexibility index (Phi) is 10.9. The predicted molar refractivity (Wildman–Crippen MR) is 219 cm³/mol. The molecule has 0 nitrogen and oxygen atoms in total. The second kappa shape index (κ2) is 15.2. The van der Waals surface area contributed by atoms with Crippen LogP contribution < -0.4 is 0 Å². The van der Waals surface area contributed by atoms with E-state index in [2.05, 4.69) is 134 Å². The normalized spacial score (nSPS) is 19.3. The van der Waals surface area contributed by atoms with Crippen molar-refractivity contribution in [2.75, 3.05) is 0 Å². The molecule has 50 heavy (non-hydrogen) atoms. The number of hydrogen-bond donors (Lipinski definition) is 0. The Hall–Kier alpha value is -2.55. The summed E-state index contributed by atoms with van der Waals surface area (Å²) in [5.41, 5.74) is 15.4. The van der Waals surface area contributed by atoms with Gasteiger partial charge >= 0.3 is 312 Å². The monoisotopic (exact) mass is 844 g/mol. The molecule has 260 valence electrons. The average molecular weight is 844 g/mol. The molecule has 0 N–H and O–H groups in total. The Bertz CT molecular complexity index is 1770. The Morgan fingerprint density at radius 1 is 0.480 bits per heavy atom. The van der Waals surface area contributed by atoms with Crippen molar-refractivity contribution >= 4 is 20.2 Å². The molecule has 4 aromatic rings. The van der Waals surface area contributed by atoms with Crippen LogP contribution in [0.25, 0.3) is 34.4 Å². The molecule has 0 aromatic heterocycles. The summed E-state index contributed by atoms with van der Waals surface area (Å²) in [5.74, 6) is 0. The number of fused-ring (bicyclic) bond motifs is 6. The molecule has 0 amide bonds. The summed E-state index contributed by atoms with van der Waals surface area (Å²) in [6, 6.07) is 36.3. The van der Waals surface area contributed by atoms with Gasteiger partial charge < -0.3 is 0 Å². The van der Waals surface area contributed by atoms with Gasteiger partial charge in [0, 0.05) is 0 Å². The van der Waals surface area contributed by atoms with E-state index < -0.39 is 28.0 Å². The van der Waals surface area contributed by atoms with E-state index in [0.717, 1.165) is 12.8 Å². The first-order chi connectivity index (χ1) is 24.4. The fourth-order valence-corrected chi connectivity index (χ4v) is 43.5. The minimum atomic E-state index is -3.15. The number of aryl methyl sites for hydroxylation is 2. The van der Waals surface area contributed by atoms with Crippen molar-refractivity contribution in [1.82, 2.24) is 0 Å². The van der Waals surface area contributed by atoms with E-state index in [1.165, 1.54) is 96.8 Å². The molecule has 0 spiro atoms. The Labute approximate surface area is 309 Å². The van der Waals surface area contributed by atoms with E-state index in [1.54, 1.807) is 22.3 Å². The minimum absolute atomic E-state index is 0.690. The molecule has 2 aliphatic carbocycles. The van der Waals surface area contributed by atoms with Gasteiger partial charge in [0.2, 0.25) is 0 Å². The number of hydrogen-bond acceptors (Lipinski definition) is 0. The third-order valence-electron chi connectivity index (χ3n) is 13.0. The van der Waals surface area contributed by atoms with Gasteiger partial charge in [0.15, 0.2) is 0 Å². The van der Waals surface area contributed by atoms with Gasteiger partial charge in [-0.3, -0.25) is 0 Å². The van der Waals surface area contributed by atoms with Gasteiger partial charge in [-0.1, -0.05) is 0 Å². The summed E-state index contributed by atoms with van der Waals surface area (Å²) in [7, 11) is -2.04. The van der Waals surface area contributed by atoms with Crippen LogP contribution in [0.2, 0.25) is 21.4 Å². The SMILES string of the molecule is CCCCCC[Si]1(CCCCCC)C2=Cc3c(-c4ccccc4CC)cccc3[CH]2[Hf]([CH3])([CH3])[CH]2C1=Cc1c(-c3ccccc3CC)cccc12. The van der Waals surface area contributed by atoms with Gasteiger partial charge in [0.1, 0.15) is 0 Å². The second-order valence-electron chi connectivity index (χ2n) is 16.2. The second-order valence-corrected chi connectivity index (χ2v) is 37.8. The topological polar surface area (TPSA) is 0 Å². The molecule has 2 unspecified atom stereocenters. The van der Waals surface area contributed by atoms with Gasteiger partial charge in [-0.15, -0.1) is 0 Å². The van der Waals surface area contributed by atoms with Crippen molar-refractivity contribution in [3.05, 3.63) is 129 Å². The van der Waals surface area contributed by atoms with Crippen LogP contribution in [0.1, 0.15) is 120 Å². The summed E-state index contributed by atoms with van der Waals surface area (Å²) in [4.78, 5) is 0. The van der Waals surface area contributed by atoms with E-state index >= 15 is 0 Å². The van der Waals surface area contributed by atoms with E-state index in [9.17, 15) is 0 Å².